The summed E-state index contributed by atoms with van der Waals surface area (Å²) in [4.78, 5) is 50.7. The maximum Gasteiger partial charge on any atom is 0.325 e. The number of rotatable bonds is 36. The van der Waals surface area contributed by atoms with Crippen molar-refractivity contribution in [1.82, 2.24) is 93.6 Å². The fourth-order valence-electron chi connectivity index (χ4n) is 17.1. The lowest BCUT2D eigenvalue weighted by Crippen LogP contribution is -2.18. The van der Waals surface area contributed by atoms with Crippen LogP contribution in [0.3, 0.4) is 0 Å². The summed E-state index contributed by atoms with van der Waals surface area (Å²) in [5.74, 6) is 3.46. The molecule has 0 saturated carbocycles. The van der Waals surface area contributed by atoms with Crippen LogP contribution in [-0.2, 0) is 28.9 Å². The second-order valence-corrected chi connectivity index (χ2v) is 32.3. The number of ether oxygens (including phenoxy) is 6. The van der Waals surface area contributed by atoms with Crippen LogP contribution in [0, 0.1) is 0 Å². The molecule has 18 aromatic rings. The van der Waals surface area contributed by atoms with Crippen molar-refractivity contribution in [3.63, 3.8) is 0 Å². The van der Waals surface area contributed by atoms with Gasteiger partial charge in [0.2, 0.25) is 35.3 Å². The number of aromatic amines is 6. The molecule has 0 bridgehead atoms. The van der Waals surface area contributed by atoms with Gasteiger partial charge in [0, 0.05) is 56.7 Å². The zero-order valence-corrected chi connectivity index (χ0v) is 79.6. The summed E-state index contributed by atoms with van der Waals surface area (Å²) < 4.78 is 31.5. The van der Waals surface area contributed by atoms with E-state index in [0.29, 0.717) is 53.0 Å². The Morgan fingerprint density at radius 3 is 0.558 bits per heavy atom. The highest BCUT2D eigenvalue weighted by molar-refractivity contribution is 5.89. The van der Waals surface area contributed by atoms with Crippen molar-refractivity contribution in [2.45, 2.75) is 74.0 Å². The van der Waals surface area contributed by atoms with Crippen molar-refractivity contribution in [3.05, 3.63) is 358 Å². The third-order valence-electron chi connectivity index (χ3n) is 23.9. The molecular weight excluding hydrogens is 1740 g/mol. The Morgan fingerprint density at radius 2 is 0.399 bits per heavy atom. The minimum absolute atomic E-state index is 0.106. The van der Waals surface area contributed by atoms with E-state index in [1.807, 2.05) is 167 Å². The number of methoxy groups -OCH3 is 6. The van der Waals surface area contributed by atoms with Crippen LogP contribution in [0.25, 0.3) is 65.4 Å². The Hall–Kier alpha value is -15.6. The van der Waals surface area contributed by atoms with Crippen LogP contribution in [-0.4, -0.2) is 184 Å². The summed E-state index contributed by atoms with van der Waals surface area (Å²) in [6, 6.07) is 98.7. The van der Waals surface area contributed by atoms with E-state index in [2.05, 4.69) is 239 Å². The van der Waals surface area contributed by atoms with Crippen LogP contribution >= 0.6 is 0 Å². The fourth-order valence-corrected chi connectivity index (χ4v) is 17.1. The molecule has 12 aromatic carbocycles. The fraction of sp³-hybridized carbons (Fsp3) is 0.250. The highest BCUT2D eigenvalue weighted by Gasteiger charge is 2.27. The Bertz CT molecular complexity index is 6160. The minimum atomic E-state index is -0.311. The molecule has 0 aliphatic rings. The number of fused-ring (bicyclic) bond motifs is 6. The van der Waals surface area contributed by atoms with E-state index in [-0.39, 0.29) is 54.9 Å². The number of aromatic nitrogens is 12. The molecule has 6 aromatic heterocycles. The minimum Gasteiger partial charge on any atom is -0.480 e. The summed E-state index contributed by atoms with van der Waals surface area (Å²) >= 11 is 0. The Balaban J connectivity index is 0.000000140. The molecule has 0 radical (unpaired) electrons. The smallest absolute Gasteiger partial charge is 0.325 e. The molecule has 714 valence electrons. The van der Waals surface area contributed by atoms with Gasteiger partial charge in [-0.2, -0.15) is 16.4 Å². The van der Waals surface area contributed by atoms with Gasteiger partial charge in [0.1, 0.15) is 0 Å². The third kappa shape index (κ3) is 25.9. The number of carbonyl (C=O) groups excluding carboxylic acids is 3. The van der Waals surface area contributed by atoms with Crippen molar-refractivity contribution in [1.29, 1.82) is 0 Å². The number of nitrogens with one attached hydrogen (secondary N) is 12. The SMILES string of the molecule is CNCCC(c1ccccc1)c1ccc2c(OC)n[nH]c2c1.CNCC[C@@H](c1ccccc1)c1ccc2c(OC)n[nH]c2c1.CNCC[C@H](c1ccccc1)c1ccc2c(OC)n[nH]c2c1.CNOC(=O)CC(c1ccccc1)c1ccc2c(OC)n[nH]c2c1.CNOC(=O)C[C@@H](c1ccccc1)c1ccc2c(OC)n[nH]c2c1.CNOC(=O)C[C@H](c1ccccc1)c1ccc2c(OC)n[nH]c2c1. The van der Waals surface area contributed by atoms with E-state index in [9.17, 15) is 14.4 Å². The first kappa shape index (κ1) is 99.9. The maximum absolute atomic E-state index is 12.0. The number of benzene rings is 12. The summed E-state index contributed by atoms with van der Waals surface area (Å²) in [6.45, 7) is 2.93. The molecule has 0 spiro atoms. The molecule has 30 nitrogen and oxygen atoms in total. The molecule has 0 aliphatic heterocycles. The lowest BCUT2D eigenvalue weighted by Gasteiger charge is -2.18. The molecule has 6 atom stereocenters. The predicted molar refractivity (Wildman–Crippen MR) is 541 cm³/mol. The normalized spacial score (nSPS) is 12.3. The number of hydroxylamine groups is 3. The molecule has 0 saturated heterocycles. The van der Waals surface area contributed by atoms with Gasteiger partial charge in [0.25, 0.3) is 0 Å². The Morgan fingerprint density at radius 1 is 0.232 bits per heavy atom. The highest BCUT2D eigenvalue weighted by Crippen LogP contribution is 2.40. The summed E-state index contributed by atoms with van der Waals surface area (Å²) in [7, 11) is 20.4. The molecule has 0 fully saturated rings. The van der Waals surface area contributed by atoms with E-state index in [1.54, 1.807) is 63.8 Å². The van der Waals surface area contributed by atoms with Gasteiger partial charge in [-0.15, -0.1) is 30.6 Å². The van der Waals surface area contributed by atoms with Gasteiger partial charge in [-0.1, -0.05) is 218 Å². The van der Waals surface area contributed by atoms with E-state index in [1.165, 1.54) is 33.4 Å². The molecule has 0 amide bonds. The molecule has 2 unspecified atom stereocenters. The highest BCUT2D eigenvalue weighted by atomic mass is 16.7. The molecule has 18 rings (SSSR count). The maximum atomic E-state index is 12.0. The Labute approximate surface area is 801 Å². The zero-order chi connectivity index (χ0) is 96.9. The van der Waals surface area contributed by atoms with E-state index < -0.39 is 0 Å². The van der Waals surface area contributed by atoms with E-state index in [0.717, 1.165) is 138 Å². The van der Waals surface area contributed by atoms with Crippen LogP contribution in [0.4, 0.5) is 0 Å². The van der Waals surface area contributed by atoms with Crippen molar-refractivity contribution in [2.75, 3.05) is 105 Å². The zero-order valence-electron chi connectivity index (χ0n) is 79.6. The van der Waals surface area contributed by atoms with E-state index in [4.69, 9.17) is 42.9 Å². The second kappa shape index (κ2) is 51.2. The van der Waals surface area contributed by atoms with Gasteiger partial charge in [-0.3, -0.25) is 45.0 Å². The Kier molecular flexibility index (Phi) is 37.1. The lowest BCUT2D eigenvalue weighted by molar-refractivity contribution is -0.151. The van der Waals surface area contributed by atoms with Crippen molar-refractivity contribution < 1.29 is 57.3 Å². The van der Waals surface area contributed by atoms with Gasteiger partial charge >= 0.3 is 17.9 Å². The lowest BCUT2D eigenvalue weighted by atomic mass is 9.88. The average Bonchev–Trinajstić information content (AvgIpc) is 1.57. The first-order valence-corrected chi connectivity index (χ1v) is 45.6. The van der Waals surface area contributed by atoms with Crippen LogP contribution in [0.15, 0.2) is 291 Å². The summed E-state index contributed by atoms with van der Waals surface area (Å²) in [6.07, 6.45) is 3.87. The first-order valence-electron chi connectivity index (χ1n) is 45.6. The summed E-state index contributed by atoms with van der Waals surface area (Å²) in [5, 5.41) is 58.5. The predicted octanol–water partition coefficient (Wildman–Crippen LogP) is 18.3. The monoisotopic (exact) mass is 1860 g/mol. The van der Waals surface area contributed by atoms with Crippen LogP contribution in [0.2, 0.25) is 0 Å². The van der Waals surface area contributed by atoms with Crippen LogP contribution in [0.1, 0.15) is 141 Å². The number of carbonyl (C=O) groups is 3. The molecule has 12 N–H and O–H groups in total. The van der Waals surface area contributed by atoms with Crippen molar-refractivity contribution >= 4 is 83.3 Å². The first-order chi connectivity index (χ1) is 67.7. The third-order valence-corrected chi connectivity index (χ3v) is 23.9. The largest absolute Gasteiger partial charge is 0.480 e. The van der Waals surface area contributed by atoms with Crippen molar-refractivity contribution in [3.8, 4) is 35.3 Å². The standard InChI is InChI=1S/3C18H19N3O3.3C18H21N3O/c3*1-19-24-17(22)11-15(12-6-4-3-5-7-12)13-8-9-14-16(10-13)20-21-18(14)23-2;3*1-19-11-10-15(13-6-4-3-5-7-13)14-8-9-16-17(12-14)20-21-18(16)22-2/h3*3-10,15,19H,11H2,1-2H3,(H,20,21);3*3-9,12,15,19H,10-11H2,1-2H3,(H,20,21)/t2*15-;;2*15-;/m10.10./s1. The van der Waals surface area contributed by atoms with Gasteiger partial charge in [0.15, 0.2) is 0 Å². The van der Waals surface area contributed by atoms with E-state index >= 15 is 0 Å². The number of hydrogen-bond acceptors (Lipinski definition) is 24. The number of H-pyrrole nitrogens is 6. The molecule has 6 heterocycles. The van der Waals surface area contributed by atoms with Gasteiger partial charge in [-0.05, 0) is 200 Å². The number of hydrogen-bond donors (Lipinski definition) is 12. The molecule has 30 heteroatoms. The average molecular weight is 1860 g/mol. The van der Waals surface area contributed by atoms with Gasteiger partial charge in [0.05, 0.1) is 127 Å². The second-order valence-electron chi connectivity index (χ2n) is 32.3. The molecular formula is C108H120N18O12. The van der Waals surface area contributed by atoms with Gasteiger partial charge < -0.3 is 58.9 Å². The quantitative estimate of drug-likeness (QED) is 0.0128. The summed E-state index contributed by atoms with van der Waals surface area (Å²) in [5.41, 5.74) is 27.0. The van der Waals surface area contributed by atoms with Crippen LogP contribution in [0.5, 0.6) is 35.3 Å². The number of nitrogens with zero attached hydrogens (tertiary/aromatic N) is 6. The van der Waals surface area contributed by atoms with Gasteiger partial charge in [-0.25, -0.2) is 0 Å². The molecule has 0 aliphatic carbocycles. The van der Waals surface area contributed by atoms with Crippen LogP contribution < -0.4 is 60.8 Å². The topological polar surface area (TPSA) is 379 Å². The van der Waals surface area contributed by atoms with Crippen molar-refractivity contribution in [2.24, 2.45) is 0 Å². The molecule has 138 heavy (non-hydrogen) atoms.